The first-order valence-electron chi connectivity index (χ1n) is 4.40. The van der Waals surface area contributed by atoms with Crippen LogP contribution in [0.2, 0.25) is 0 Å². The Morgan fingerprint density at radius 3 is 2.36 bits per heavy atom. The summed E-state index contributed by atoms with van der Waals surface area (Å²) >= 11 is 0. The molecule has 0 radical (unpaired) electrons. The Bertz CT molecular complexity index is 422. The highest BCUT2D eigenvalue weighted by Gasteiger charge is 2.04. The highest BCUT2D eigenvalue weighted by molar-refractivity contribution is 5.58. The van der Waals surface area contributed by atoms with Gasteiger partial charge in [-0.2, -0.15) is 5.10 Å². The van der Waals surface area contributed by atoms with Crippen LogP contribution in [0, 0.1) is 6.92 Å². The zero-order valence-corrected chi connectivity index (χ0v) is 8.23. The second-order valence-electron chi connectivity index (χ2n) is 3.23. The summed E-state index contributed by atoms with van der Waals surface area (Å²) in [5.41, 5.74) is 7.33. The minimum atomic E-state index is 0.741. The molecule has 0 saturated carbocycles. The van der Waals surface area contributed by atoms with Crippen LogP contribution in [-0.4, -0.2) is 14.8 Å². The predicted molar refractivity (Wildman–Crippen MR) is 55.6 cm³/mol. The normalized spacial score (nSPS) is 10.4. The summed E-state index contributed by atoms with van der Waals surface area (Å²) in [4.78, 5) is 4.32. The molecule has 0 bridgehead atoms. The van der Waals surface area contributed by atoms with Gasteiger partial charge in [-0.3, -0.25) is 4.68 Å². The van der Waals surface area contributed by atoms with Crippen molar-refractivity contribution in [2.75, 3.05) is 5.73 Å². The Kier molecular flexibility index (Phi) is 1.96. The summed E-state index contributed by atoms with van der Waals surface area (Å²) < 4.78 is 1.76. The summed E-state index contributed by atoms with van der Waals surface area (Å²) in [5.74, 6) is 1.64. The van der Waals surface area contributed by atoms with Gasteiger partial charge < -0.3 is 5.73 Å². The summed E-state index contributed by atoms with van der Waals surface area (Å²) in [5, 5.41) is 4.27. The lowest BCUT2D eigenvalue weighted by atomic mass is 10.2. The van der Waals surface area contributed by atoms with Gasteiger partial charge in [-0.05, 0) is 31.2 Å². The van der Waals surface area contributed by atoms with Gasteiger partial charge in [0, 0.05) is 18.3 Å². The fourth-order valence-corrected chi connectivity index (χ4v) is 1.22. The van der Waals surface area contributed by atoms with E-state index < -0.39 is 0 Å². The number of aromatic nitrogens is 3. The van der Waals surface area contributed by atoms with Gasteiger partial charge in [0.2, 0.25) is 0 Å². The molecule has 4 heteroatoms. The number of hydrogen-bond acceptors (Lipinski definition) is 3. The molecule has 14 heavy (non-hydrogen) atoms. The maximum absolute atomic E-state index is 5.59. The van der Waals surface area contributed by atoms with Crippen molar-refractivity contribution < 1.29 is 0 Å². The summed E-state index contributed by atoms with van der Waals surface area (Å²) in [6.07, 6.45) is 0. The van der Waals surface area contributed by atoms with Gasteiger partial charge in [-0.15, -0.1) is 0 Å². The van der Waals surface area contributed by atoms with Crippen molar-refractivity contribution in [3.63, 3.8) is 0 Å². The first-order valence-corrected chi connectivity index (χ1v) is 4.40. The molecule has 0 atom stereocenters. The summed E-state index contributed by atoms with van der Waals surface area (Å²) in [6.45, 7) is 1.92. The topological polar surface area (TPSA) is 56.7 Å². The first kappa shape index (κ1) is 8.74. The highest BCUT2D eigenvalue weighted by Crippen LogP contribution is 2.16. The number of hydrogen-bond donors (Lipinski definition) is 1. The van der Waals surface area contributed by atoms with Gasteiger partial charge in [0.25, 0.3) is 0 Å². The minimum absolute atomic E-state index is 0.741. The Morgan fingerprint density at radius 2 is 1.86 bits per heavy atom. The number of aryl methyl sites for hydroxylation is 2. The van der Waals surface area contributed by atoms with Crippen LogP contribution in [0.4, 0.5) is 5.69 Å². The molecule has 0 fully saturated rings. The molecule has 0 saturated heterocycles. The van der Waals surface area contributed by atoms with E-state index in [1.807, 2.05) is 38.2 Å². The quantitative estimate of drug-likeness (QED) is 0.688. The molecule has 0 unspecified atom stereocenters. The van der Waals surface area contributed by atoms with Crippen LogP contribution >= 0.6 is 0 Å². The van der Waals surface area contributed by atoms with Crippen molar-refractivity contribution in [1.82, 2.24) is 14.8 Å². The van der Waals surface area contributed by atoms with Crippen LogP contribution in [0.15, 0.2) is 24.3 Å². The van der Waals surface area contributed by atoms with E-state index in [0.717, 1.165) is 22.9 Å². The van der Waals surface area contributed by atoms with Crippen LogP contribution in [-0.2, 0) is 7.05 Å². The van der Waals surface area contributed by atoms with E-state index in [4.69, 9.17) is 5.73 Å². The second kappa shape index (κ2) is 3.14. The molecule has 72 valence electrons. The maximum atomic E-state index is 5.59. The Balaban J connectivity index is 2.44. The van der Waals surface area contributed by atoms with E-state index >= 15 is 0 Å². The zero-order chi connectivity index (χ0) is 10.1. The average molecular weight is 188 g/mol. The molecule has 1 heterocycles. The minimum Gasteiger partial charge on any atom is -0.399 e. The lowest BCUT2D eigenvalue weighted by Gasteiger charge is -1.95. The molecule has 1 aromatic heterocycles. The number of rotatable bonds is 1. The predicted octanol–water partition coefficient (Wildman–Crippen LogP) is 1.37. The smallest absolute Gasteiger partial charge is 0.181 e. The van der Waals surface area contributed by atoms with Gasteiger partial charge in [-0.25, -0.2) is 4.98 Å². The third kappa shape index (κ3) is 1.46. The van der Waals surface area contributed by atoms with E-state index in [9.17, 15) is 0 Å². The molecule has 0 spiro atoms. The summed E-state index contributed by atoms with van der Waals surface area (Å²) in [6, 6.07) is 7.54. The molecule has 1 aromatic carbocycles. The van der Waals surface area contributed by atoms with E-state index in [0.29, 0.717) is 0 Å². The van der Waals surface area contributed by atoms with E-state index in [1.54, 1.807) is 4.68 Å². The lowest BCUT2D eigenvalue weighted by molar-refractivity contribution is 0.736. The van der Waals surface area contributed by atoms with Crippen molar-refractivity contribution in [2.24, 2.45) is 7.05 Å². The Labute approximate surface area is 82.4 Å². The average Bonchev–Trinajstić information content (AvgIpc) is 2.48. The molecule has 0 amide bonds. The van der Waals surface area contributed by atoms with Crippen LogP contribution in [0.25, 0.3) is 11.4 Å². The third-order valence-electron chi connectivity index (χ3n) is 2.15. The van der Waals surface area contributed by atoms with Gasteiger partial charge in [0.1, 0.15) is 5.82 Å². The Morgan fingerprint density at radius 1 is 1.21 bits per heavy atom. The summed E-state index contributed by atoms with van der Waals surface area (Å²) in [7, 11) is 1.88. The molecule has 4 nitrogen and oxygen atoms in total. The van der Waals surface area contributed by atoms with Crippen molar-refractivity contribution in [2.45, 2.75) is 6.92 Å². The van der Waals surface area contributed by atoms with Gasteiger partial charge in [0.15, 0.2) is 5.82 Å². The van der Waals surface area contributed by atoms with Crippen molar-refractivity contribution in [3.05, 3.63) is 30.1 Å². The molecule has 2 N–H and O–H groups in total. The van der Waals surface area contributed by atoms with E-state index in [2.05, 4.69) is 10.1 Å². The van der Waals surface area contributed by atoms with Crippen LogP contribution in [0.5, 0.6) is 0 Å². The van der Waals surface area contributed by atoms with Gasteiger partial charge in [-0.1, -0.05) is 0 Å². The first-order chi connectivity index (χ1) is 6.66. The fraction of sp³-hybridized carbons (Fsp3) is 0.200. The van der Waals surface area contributed by atoms with Gasteiger partial charge in [0.05, 0.1) is 0 Å². The van der Waals surface area contributed by atoms with Crippen LogP contribution < -0.4 is 5.73 Å². The lowest BCUT2D eigenvalue weighted by Crippen LogP contribution is -1.92. The number of nitrogens with zero attached hydrogens (tertiary/aromatic N) is 3. The molecule has 0 aliphatic carbocycles. The SMILES string of the molecule is Cc1nc(-c2ccc(N)cc2)nn1C. The molecule has 0 aliphatic heterocycles. The van der Waals surface area contributed by atoms with Crippen LogP contribution in [0.1, 0.15) is 5.82 Å². The van der Waals surface area contributed by atoms with Crippen molar-refractivity contribution >= 4 is 5.69 Å². The standard InChI is InChI=1S/C10H12N4/c1-7-12-10(13-14(7)2)8-3-5-9(11)6-4-8/h3-6H,11H2,1-2H3. The zero-order valence-electron chi connectivity index (χ0n) is 8.23. The molecule has 0 aliphatic rings. The number of benzene rings is 1. The highest BCUT2D eigenvalue weighted by atomic mass is 15.3. The molecule has 2 aromatic rings. The fourth-order valence-electron chi connectivity index (χ4n) is 1.22. The number of nitrogen functional groups attached to an aromatic ring is 1. The van der Waals surface area contributed by atoms with E-state index in [-0.39, 0.29) is 0 Å². The monoisotopic (exact) mass is 188 g/mol. The third-order valence-corrected chi connectivity index (χ3v) is 2.15. The van der Waals surface area contributed by atoms with Crippen molar-refractivity contribution in [1.29, 1.82) is 0 Å². The van der Waals surface area contributed by atoms with Gasteiger partial charge >= 0.3 is 0 Å². The van der Waals surface area contributed by atoms with Crippen molar-refractivity contribution in [3.8, 4) is 11.4 Å². The Hall–Kier alpha value is -1.84. The van der Waals surface area contributed by atoms with E-state index in [1.165, 1.54) is 0 Å². The molecule has 2 rings (SSSR count). The molecular formula is C10H12N4. The number of nitrogens with two attached hydrogens (primary N) is 1. The maximum Gasteiger partial charge on any atom is 0.181 e. The largest absolute Gasteiger partial charge is 0.399 e. The number of anilines is 1. The van der Waals surface area contributed by atoms with Crippen LogP contribution in [0.3, 0.4) is 0 Å². The molecular weight excluding hydrogens is 176 g/mol. The second-order valence-corrected chi connectivity index (χ2v) is 3.23.